The first-order valence-corrected chi connectivity index (χ1v) is 6.45. The molecule has 1 amide bonds. The van der Waals surface area contributed by atoms with E-state index in [1.165, 1.54) is 12.8 Å². The number of nitrogens with one attached hydrogen (secondary N) is 1. The van der Waals surface area contributed by atoms with Gasteiger partial charge in [-0.25, -0.2) is 0 Å². The standard InChI is InChI=1S/C14H20N2O/c1-2-7-14(17)15-12-8-3-4-9-13(12)16-10-5-6-11-16/h3-4,8-9H,2,5-7,10-11H2,1H3,(H,15,17). The molecular weight excluding hydrogens is 212 g/mol. The number of para-hydroxylation sites is 2. The zero-order valence-corrected chi connectivity index (χ0v) is 10.4. The molecule has 1 aliphatic heterocycles. The van der Waals surface area contributed by atoms with Gasteiger partial charge in [-0.3, -0.25) is 4.79 Å². The molecule has 3 nitrogen and oxygen atoms in total. The number of carbonyl (C=O) groups is 1. The SMILES string of the molecule is CCCC(=O)Nc1ccccc1N1CCCC1. The molecule has 3 heteroatoms. The van der Waals surface area contributed by atoms with Crippen molar-refractivity contribution in [3.8, 4) is 0 Å². The monoisotopic (exact) mass is 232 g/mol. The Morgan fingerprint density at radius 2 is 2.00 bits per heavy atom. The van der Waals surface area contributed by atoms with E-state index in [9.17, 15) is 4.79 Å². The van der Waals surface area contributed by atoms with Crippen LogP contribution in [-0.4, -0.2) is 19.0 Å². The molecule has 0 spiro atoms. The van der Waals surface area contributed by atoms with Crippen molar-refractivity contribution >= 4 is 17.3 Å². The zero-order chi connectivity index (χ0) is 12.1. The van der Waals surface area contributed by atoms with E-state index in [0.717, 1.165) is 30.9 Å². The van der Waals surface area contributed by atoms with Crippen molar-refractivity contribution < 1.29 is 4.79 Å². The Morgan fingerprint density at radius 1 is 1.29 bits per heavy atom. The van der Waals surface area contributed by atoms with Crippen LogP contribution >= 0.6 is 0 Å². The lowest BCUT2D eigenvalue weighted by Gasteiger charge is -2.21. The van der Waals surface area contributed by atoms with Crippen LogP contribution in [0.5, 0.6) is 0 Å². The Kier molecular flexibility index (Phi) is 4.02. The van der Waals surface area contributed by atoms with Crippen molar-refractivity contribution in [3.05, 3.63) is 24.3 Å². The second kappa shape index (κ2) is 5.71. The van der Waals surface area contributed by atoms with E-state index in [1.807, 2.05) is 25.1 Å². The van der Waals surface area contributed by atoms with Crippen molar-refractivity contribution in [1.82, 2.24) is 0 Å². The molecule has 0 radical (unpaired) electrons. The molecule has 0 aliphatic carbocycles. The minimum atomic E-state index is 0.110. The maximum Gasteiger partial charge on any atom is 0.224 e. The molecule has 1 aliphatic rings. The second-order valence-electron chi connectivity index (χ2n) is 4.51. The van der Waals surface area contributed by atoms with Crippen LogP contribution in [-0.2, 0) is 4.79 Å². The van der Waals surface area contributed by atoms with Gasteiger partial charge in [0.15, 0.2) is 0 Å². The number of nitrogens with zero attached hydrogens (tertiary/aromatic N) is 1. The van der Waals surface area contributed by atoms with Gasteiger partial charge in [-0.2, -0.15) is 0 Å². The zero-order valence-electron chi connectivity index (χ0n) is 10.4. The average molecular weight is 232 g/mol. The number of benzene rings is 1. The van der Waals surface area contributed by atoms with Crippen molar-refractivity contribution in [2.75, 3.05) is 23.3 Å². The number of rotatable bonds is 4. The highest BCUT2D eigenvalue weighted by atomic mass is 16.1. The third-order valence-corrected chi connectivity index (χ3v) is 3.10. The summed E-state index contributed by atoms with van der Waals surface area (Å²) < 4.78 is 0. The highest BCUT2D eigenvalue weighted by Crippen LogP contribution is 2.28. The Balaban J connectivity index is 2.12. The summed E-state index contributed by atoms with van der Waals surface area (Å²) in [5.41, 5.74) is 2.11. The van der Waals surface area contributed by atoms with Gasteiger partial charge in [0, 0.05) is 19.5 Å². The van der Waals surface area contributed by atoms with Gasteiger partial charge in [0.1, 0.15) is 0 Å². The largest absolute Gasteiger partial charge is 0.370 e. The van der Waals surface area contributed by atoms with Gasteiger partial charge in [-0.1, -0.05) is 19.1 Å². The number of carbonyl (C=O) groups excluding carboxylic acids is 1. The maximum atomic E-state index is 11.6. The second-order valence-corrected chi connectivity index (χ2v) is 4.51. The van der Waals surface area contributed by atoms with Gasteiger partial charge < -0.3 is 10.2 Å². The molecule has 1 fully saturated rings. The first kappa shape index (κ1) is 12.0. The topological polar surface area (TPSA) is 32.3 Å². The van der Waals surface area contributed by atoms with Gasteiger partial charge in [-0.15, -0.1) is 0 Å². The number of hydrogen-bond donors (Lipinski definition) is 1. The number of hydrogen-bond acceptors (Lipinski definition) is 2. The lowest BCUT2D eigenvalue weighted by atomic mass is 10.2. The average Bonchev–Trinajstić information content (AvgIpc) is 2.83. The third kappa shape index (κ3) is 2.99. The first-order chi connectivity index (χ1) is 8.31. The van der Waals surface area contributed by atoms with Gasteiger partial charge in [-0.05, 0) is 31.4 Å². The fourth-order valence-electron chi connectivity index (χ4n) is 2.25. The minimum absolute atomic E-state index is 0.110. The summed E-state index contributed by atoms with van der Waals surface area (Å²) in [5.74, 6) is 0.110. The fourth-order valence-corrected chi connectivity index (χ4v) is 2.25. The lowest BCUT2D eigenvalue weighted by Crippen LogP contribution is -2.20. The molecule has 0 aromatic heterocycles. The summed E-state index contributed by atoms with van der Waals surface area (Å²) in [6, 6.07) is 8.08. The predicted molar refractivity (Wildman–Crippen MR) is 71.4 cm³/mol. The molecule has 1 aromatic carbocycles. The van der Waals surface area contributed by atoms with Crippen LogP contribution in [0.1, 0.15) is 32.6 Å². The molecule has 0 saturated carbocycles. The van der Waals surface area contributed by atoms with Crippen LogP contribution in [0.4, 0.5) is 11.4 Å². The Hall–Kier alpha value is -1.51. The van der Waals surface area contributed by atoms with E-state index in [1.54, 1.807) is 0 Å². The first-order valence-electron chi connectivity index (χ1n) is 6.45. The van der Waals surface area contributed by atoms with E-state index in [0.29, 0.717) is 6.42 Å². The quantitative estimate of drug-likeness (QED) is 0.865. The Labute approximate surface area is 103 Å². The molecule has 0 atom stereocenters. The van der Waals surface area contributed by atoms with Crippen molar-refractivity contribution in [1.29, 1.82) is 0 Å². The summed E-state index contributed by atoms with van der Waals surface area (Å²) in [4.78, 5) is 14.0. The van der Waals surface area contributed by atoms with E-state index in [4.69, 9.17) is 0 Å². The summed E-state index contributed by atoms with van der Waals surface area (Å²) in [7, 11) is 0. The third-order valence-electron chi connectivity index (χ3n) is 3.10. The molecule has 92 valence electrons. The van der Waals surface area contributed by atoms with Crippen LogP contribution in [0, 0.1) is 0 Å². The van der Waals surface area contributed by atoms with Gasteiger partial charge in [0.2, 0.25) is 5.91 Å². The van der Waals surface area contributed by atoms with Crippen LogP contribution in [0.25, 0.3) is 0 Å². The minimum Gasteiger partial charge on any atom is -0.370 e. The maximum absolute atomic E-state index is 11.6. The van der Waals surface area contributed by atoms with Crippen LogP contribution in [0.2, 0.25) is 0 Å². The lowest BCUT2D eigenvalue weighted by molar-refractivity contribution is -0.116. The molecule has 0 bridgehead atoms. The summed E-state index contributed by atoms with van der Waals surface area (Å²) in [6.45, 7) is 4.22. The molecule has 2 rings (SSSR count). The van der Waals surface area contributed by atoms with Gasteiger partial charge in [0.05, 0.1) is 11.4 Å². The molecule has 1 heterocycles. The summed E-state index contributed by atoms with van der Waals surface area (Å²) in [5, 5.41) is 3.01. The van der Waals surface area contributed by atoms with Gasteiger partial charge >= 0.3 is 0 Å². The normalized spacial score (nSPS) is 15.0. The highest BCUT2D eigenvalue weighted by molar-refractivity contribution is 5.94. The van der Waals surface area contributed by atoms with E-state index in [2.05, 4.69) is 16.3 Å². The molecule has 1 N–H and O–H groups in total. The van der Waals surface area contributed by atoms with Crippen LogP contribution < -0.4 is 10.2 Å². The van der Waals surface area contributed by atoms with E-state index in [-0.39, 0.29) is 5.91 Å². The predicted octanol–water partition coefficient (Wildman–Crippen LogP) is 3.03. The van der Waals surface area contributed by atoms with Crippen LogP contribution in [0.3, 0.4) is 0 Å². The summed E-state index contributed by atoms with van der Waals surface area (Å²) in [6.07, 6.45) is 3.97. The van der Waals surface area contributed by atoms with Crippen molar-refractivity contribution in [2.45, 2.75) is 32.6 Å². The number of anilines is 2. The molecule has 1 aromatic rings. The Bertz CT molecular complexity index is 384. The highest BCUT2D eigenvalue weighted by Gasteiger charge is 2.15. The van der Waals surface area contributed by atoms with Crippen molar-refractivity contribution in [3.63, 3.8) is 0 Å². The van der Waals surface area contributed by atoms with E-state index < -0.39 is 0 Å². The Morgan fingerprint density at radius 3 is 2.71 bits per heavy atom. The molecule has 17 heavy (non-hydrogen) atoms. The van der Waals surface area contributed by atoms with E-state index >= 15 is 0 Å². The molecule has 1 saturated heterocycles. The fraction of sp³-hybridized carbons (Fsp3) is 0.500. The van der Waals surface area contributed by atoms with Crippen molar-refractivity contribution in [2.24, 2.45) is 0 Å². The molecular formula is C14H20N2O. The van der Waals surface area contributed by atoms with Gasteiger partial charge in [0.25, 0.3) is 0 Å². The molecule has 0 unspecified atom stereocenters. The number of amides is 1. The van der Waals surface area contributed by atoms with Crippen LogP contribution in [0.15, 0.2) is 24.3 Å². The summed E-state index contributed by atoms with van der Waals surface area (Å²) >= 11 is 0. The smallest absolute Gasteiger partial charge is 0.224 e.